The highest BCUT2D eigenvalue weighted by molar-refractivity contribution is 14.0. The number of halogens is 1. The van der Waals surface area contributed by atoms with Crippen molar-refractivity contribution in [2.75, 3.05) is 40.0 Å². The average Bonchev–Trinajstić information content (AvgIpc) is 2.74. The topological polar surface area (TPSA) is 46.1 Å². The number of benzene rings is 2. The number of ether oxygens (including phenoxy) is 2. The lowest BCUT2D eigenvalue weighted by atomic mass is 10.1. The molecule has 2 aromatic carbocycles. The van der Waals surface area contributed by atoms with Gasteiger partial charge in [0.1, 0.15) is 0 Å². The summed E-state index contributed by atoms with van der Waals surface area (Å²) in [4.78, 5) is 7.26. The van der Waals surface area contributed by atoms with Crippen LogP contribution in [0.2, 0.25) is 0 Å². The van der Waals surface area contributed by atoms with Crippen LogP contribution < -0.4 is 5.32 Å². The monoisotopic (exact) mass is 511 g/mol. The minimum Gasteiger partial charge on any atom is -0.385 e. The molecule has 1 fully saturated rings. The van der Waals surface area contributed by atoms with E-state index in [0.29, 0.717) is 12.6 Å². The van der Waals surface area contributed by atoms with Crippen LogP contribution in [0, 0.1) is 0 Å². The number of methoxy groups -OCH3 is 1. The molecule has 1 heterocycles. The van der Waals surface area contributed by atoms with Gasteiger partial charge in [-0.25, -0.2) is 4.99 Å². The normalized spacial score (nSPS) is 15.4. The van der Waals surface area contributed by atoms with Gasteiger partial charge in [-0.2, -0.15) is 0 Å². The van der Waals surface area contributed by atoms with Crippen LogP contribution in [0.25, 0.3) is 10.8 Å². The Bertz CT molecular complexity index is 761. The molecule has 0 bridgehead atoms. The quantitative estimate of drug-likeness (QED) is 0.247. The van der Waals surface area contributed by atoms with E-state index in [2.05, 4.69) is 59.6 Å². The molecule has 0 unspecified atom stereocenters. The number of guanidine groups is 1. The number of piperidine rings is 1. The Hall–Kier alpha value is -1.38. The van der Waals surface area contributed by atoms with Crippen molar-refractivity contribution in [3.05, 3.63) is 48.0 Å². The lowest BCUT2D eigenvalue weighted by Crippen LogP contribution is -2.47. The third kappa shape index (κ3) is 7.42. The maximum atomic E-state index is 5.98. The van der Waals surface area contributed by atoms with Gasteiger partial charge in [0.15, 0.2) is 5.96 Å². The summed E-state index contributed by atoms with van der Waals surface area (Å²) >= 11 is 0. The predicted octanol–water partition coefficient (Wildman–Crippen LogP) is 4.44. The summed E-state index contributed by atoms with van der Waals surface area (Å²) in [6.45, 7) is 7.22. The zero-order chi connectivity index (χ0) is 19.6. The number of nitrogens with zero attached hydrogens (tertiary/aromatic N) is 2. The van der Waals surface area contributed by atoms with Gasteiger partial charge in [-0.3, -0.25) is 0 Å². The van der Waals surface area contributed by atoms with E-state index in [1.54, 1.807) is 7.11 Å². The van der Waals surface area contributed by atoms with Crippen LogP contribution in [0.5, 0.6) is 0 Å². The lowest BCUT2D eigenvalue weighted by Gasteiger charge is -2.34. The summed E-state index contributed by atoms with van der Waals surface area (Å²) in [5.41, 5.74) is 1.24. The van der Waals surface area contributed by atoms with Gasteiger partial charge in [0, 0.05) is 40.0 Å². The van der Waals surface area contributed by atoms with Crippen molar-refractivity contribution in [1.29, 1.82) is 0 Å². The first-order valence-corrected chi connectivity index (χ1v) is 10.4. The van der Waals surface area contributed by atoms with Crippen molar-refractivity contribution < 1.29 is 9.47 Å². The molecular formula is C23H34IN3O2. The first kappa shape index (κ1) is 23.9. The molecule has 1 aliphatic rings. The Labute approximate surface area is 191 Å². The minimum atomic E-state index is 0. The molecule has 5 nitrogen and oxygen atoms in total. The van der Waals surface area contributed by atoms with E-state index < -0.39 is 0 Å². The Morgan fingerprint density at radius 1 is 1.10 bits per heavy atom. The minimum absolute atomic E-state index is 0. The van der Waals surface area contributed by atoms with Crippen LogP contribution in [0.15, 0.2) is 47.5 Å². The van der Waals surface area contributed by atoms with Gasteiger partial charge in [0.25, 0.3) is 0 Å². The van der Waals surface area contributed by atoms with E-state index in [1.807, 2.05) is 0 Å². The van der Waals surface area contributed by atoms with Crippen molar-refractivity contribution in [2.45, 2.75) is 38.8 Å². The van der Waals surface area contributed by atoms with Crippen LogP contribution >= 0.6 is 24.0 Å². The van der Waals surface area contributed by atoms with Crippen molar-refractivity contribution >= 4 is 40.7 Å². The number of aliphatic imine (C=N–C) groups is 1. The molecule has 0 atom stereocenters. The Balaban J connectivity index is 0.00000300. The summed E-state index contributed by atoms with van der Waals surface area (Å²) in [5.74, 6) is 1.01. The number of likely N-dealkylation sites (tertiary alicyclic amines) is 1. The summed E-state index contributed by atoms with van der Waals surface area (Å²) in [7, 11) is 1.73. The van der Waals surface area contributed by atoms with Gasteiger partial charge in [0.05, 0.1) is 12.6 Å². The molecule has 160 valence electrons. The van der Waals surface area contributed by atoms with E-state index in [0.717, 1.165) is 58.1 Å². The van der Waals surface area contributed by atoms with Crippen molar-refractivity contribution in [3.8, 4) is 0 Å². The fraction of sp³-hybridized carbons (Fsp3) is 0.522. The summed E-state index contributed by atoms with van der Waals surface area (Å²) in [5, 5.41) is 6.00. The van der Waals surface area contributed by atoms with Crippen LogP contribution in [0.3, 0.4) is 0 Å². The highest BCUT2D eigenvalue weighted by Crippen LogP contribution is 2.17. The van der Waals surface area contributed by atoms with E-state index in [9.17, 15) is 0 Å². The van der Waals surface area contributed by atoms with Gasteiger partial charge >= 0.3 is 0 Å². The summed E-state index contributed by atoms with van der Waals surface area (Å²) in [6, 6.07) is 15.1. The Morgan fingerprint density at radius 3 is 2.59 bits per heavy atom. The molecule has 0 spiro atoms. The lowest BCUT2D eigenvalue weighted by molar-refractivity contribution is 0.00990. The molecule has 0 aliphatic carbocycles. The molecule has 2 aromatic rings. The first-order valence-electron chi connectivity index (χ1n) is 10.4. The second-order valence-corrected chi connectivity index (χ2v) is 7.26. The summed E-state index contributed by atoms with van der Waals surface area (Å²) < 4.78 is 11.1. The van der Waals surface area contributed by atoms with Crippen molar-refractivity contribution in [1.82, 2.24) is 10.2 Å². The largest absolute Gasteiger partial charge is 0.385 e. The van der Waals surface area contributed by atoms with Gasteiger partial charge in [-0.1, -0.05) is 36.4 Å². The maximum absolute atomic E-state index is 5.98. The van der Waals surface area contributed by atoms with Crippen LogP contribution in [0.1, 0.15) is 31.7 Å². The highest BCUT2D eigenvalue weighted by Gasteiger charge is 2.21. The summed E-state index contributed by atoms with van der Waals surface area (Å²) in [6.07, 6.45) is 3.42. The third-order valence-corrected chi connectivity index (χ3v) is 5.15. The van der Waals surface area contributed by atoms with Crippen LogP contribution in [-0.4, -0.2) is 56.9 Å². The highest BCUT2D eigenvalue weighted by atomic mass is 127. The molecule has 1 N–H and O–H groups in total. The van der Waals surface area contributed by atoms with Gasteiger partial charge in [-0.15, -0.1) is 24.0 Å². The average molecular weight is 511 g/mol. The number of hydrogen-bond acceptors (Lipinski definition) is 3. The molecular weight excluding hydrogens is 477 g/mol. The predicted molar refractivity (Wildman–Crippen MR) is 131 cm³/mol. The molecule has 6 heteroatoms. The number of nitrogens with one attached hydrogen (secondary N) is 1. The Kier molecular flexibility index (Phi) is 10.7. The standard InChI is InChI=1S/C23H33N3O2.HI/c1-3-24-23(26-13-11-22(12-14-26)28-16-6-15-27-2)25-18-19-9-10-20-7-4-5-8-21(20)17-19;/h4-5,7-10,17,22H,3,6,11-16,18H2,1-2H3,(H,24,25);1H. The van der Waals surface area contributed by atoms with Gasteiger partial charge in [0.2, 0.25) is 0 Å². The molecule has 0 aromatic heterocycles. The van der Waals surface area contributed by atoms with Crippen LogP contribution in [0.4, 0.5) is 0 Å². The third-order valence-electron chi connectivity index (χ3n) is 5.15. The van der Waals surface area contributed by atoms with E-state index in [1.165, 1.54) is 16.3 Å². The fourth-order valence-electron chi connectivity index (χ4n) is 3.62. The first-order chi connectivity index (χ1) is 13.8. The van der Waals surface area contributed by atoms with Crippen LogP contribution in [-0.2, 0) is 16.0 Å². The van der Waals surface area contributed by atoms with Crippen molar-refractivity contribution in [2.24, 2.45) is 4.99 Å². The molecule has 1 aliphatic heterocycles. The van der Waals surface area contributed by atoms with Gasteiger partial charge < -0.3 is 19.7 Å². The fourth-order valence-corrected chi connectivity index (χ4v) is 3.62. The second kappa shape index (κ2) is 13.0. The number of fused-ring (bicyclic) bond motifs is 1. The zero-order valence-corrected chi connectivity index (χ0v) is 19.9. The van der Waals surface area contributed by atoms with E-state index in [-0.39, 0.29) is 24.0 Å². The SMILES string of the molecule is CCNC(=NCc1ccc2ccccc2c1)N1CCC(OCCCOC)CC1.I. The molecule has 0 radical (unpaired) electrons. The molecule has 3 rings (SSSR count). The van der Waals surface area contributed by atoms with E-state index in [4.69, 9.17) is 14.5 Å². The molecule has 1 saturated heterocycles. The molecule has 0 saturated carbocycles. The molecule has 29 heavy (non-hydrogen) atoms. The van der Waals surface area contributed by atoms with Crippen molar-refractivity contribution in [3.63, 3.8) is 0 Å². The van der Waals surface area contributed by atoms with E-state index >= 15 is 0 Å². The zero-order valence-electron chi connectivity index (χ0n) is 17.6. The second-order valence-electron chi connectivity index (χ2n) is 7.26. The Morgan fingerprint density at radius 2 is 1.86 bits per heavy atom. The number of rotatable bonds is 8. The van der Waals surface area contributed by atoms with Gasteiger partial charge in [-0.05, 0) is 48.6 Å². The smallest absolute Gasteiger partial charge is 0.194 e. The molecule has 0 amide bonds. The maximum Gasteiger partial charge on any atom is 0.194 e. The number of hydrogen-bond donors (Lipinski definition) is 1.